The average Bonchev–Trinajstić information content (AvgIpc) is 3.21. The van der Waals surface area contributed by atoms with Crippen LogP contribution < -0.4 is 4.57 Å². The van der Waals surface area contributed by atoms with E-state index in [4.69, 9.17) is 40.3 Å². The highest BCUT2D eigenvalue weighted by molar-refractivity contribution is 6.31. The molecule has 45 heavy (non-hydrogen) atoms. The Morgan fingerprint density at radius 3 is 2.24 bits per heavy atom. The second-order valence-corrected chi connectivity index (χ2v) is 10.8. The molecule has 3 aromatic rings. The van der Waals surface area contributed by atoms with Crippen molar-refractivity contribution in [3.8, 4) is 5.69 Å². The smallest absolute Gasteiger partial charge is 0.339 e. The minimum Gasteiger partial charge on any atom is -0.467 e. The first-order valence-electron chi connectivity index (χ1n) is 13.9. The standard InChI is InChI=1S/C31H30ClFN3O9/c1-15-35(30-28(44-18(4)39)26(42-16(2)37)27(43-17(3)38)29(45-30)31(40)41-5)14-20-13-34-25(21-8-6-7-9-23(21)33)22-12-19(32)10-11-24(22)36(15)20/h6-12,14,26-30H,13H2,1-5H3/q+1/t26-,27-,28+,29-,30+/m1/s1. The molecule has 14 heteroatoms. The highest BCUT2D eigenvalue weighted by Crippen LogP contribution is 2.35. The molecule has 3 heterocycles. The molecule has 0 aliphatic carbocycles. The van der Waals surface area contributed by atoms with Gasteiger partial charge in [0.15, 0.2) is 24.0 Å². The number of nitrogens with zero attached hydrogens (tertiary/aromatic N) is 3. The summed E-state index contributed by atoms with van der Waals surface area (Å²) in [5.41, 5.74) is 2.48. The first kappa shape index (κ1) is 31.8. The van der Waals surface area contributed by atoms with Crippen LogP contribution in [0.15, 0.2) is 53.7 Å². The van der Waals surface area contributed by atoms with Gasteiger partial charge in [-0.2, -0.15) is 4.57 Å². The van der Waals surface area contributed by atoms with E-state index in [1.165, 1.54) is 6.07 Å². The molecule has 2 aliphatic heterocycles. The molecule has 5 atom stereocenters. The van der Waals surface area contributed by atoms with E-state index in [1.54, 1.807) is 54.1 Å². The number of methoxy groups -OCH3 is 1. The van der Waals surface area contributed by atoms with Crippen LogP contribution in [0.2, 0.25) is 5.02 Å². The molecule has 236 valence electrons. The molecule has 1 fully saturated rings. The normalized spacial score (nSPS) is 22.2. The Bertz CT molecular complexity index is 1720. The van der Waals surface area contributed by atoms with Gasteiger partial charge in [-0.25, -0.2) is 13.8 Å². The predicted molar refractivity (Wildman–Crippen MR) is 154 cm³/mol. The Hall–Kier alpha value is -4.62. The number of benzene rings is 2. The third kappa shape index (κ3) is 6.18. The zero-order chi connectivity index (χ0) is 32.6. The summed E-state index contributed by atoms with van der Waals surface area (Å²) in [7, 11) is 1.12. The van der Waals surface area contributed by atoms with E-state index in [9.17, 15) is 23.6 Å². The molecule has 0 spiro atoms. The number of esters is 4. The maximum absolute atomic E-state index is 15.0. The molecule has 0 amide bonds. The second kappa shape index (κ2) is 12.8. The highest BCUT2D eigenvalue weighted by Gasteiger charge is 2.57. The van der Waals surface area contributed by atoms with E-state index < -0.39 is 60.3 Å². The third-order valence-electron chi connectivity index (χ3n) is 7.38. The minimum atomic E-state index is -1.57. The van der Waals surface area contributed by atoms with E-state index in [1.807, 2.05) is 4.57 Å². The topological polar surface area (TPSA) is 136 Å². The Kier molecular flexibility index (Phi) is 9.03. The predicted octanol–water partition coefficient (Wildman–Crippen LogP) is 3.08. The summed E-state index contributed by atoms with van der Waals surface area (Å²) < 4.78 is 46.1. The summed E-state index contributed by atoms with van der Waals surface area (Å²) in [6.45, 7) is 5.21. The fraction of sp³-hybridized carbons (Fsp3) is 0.355. The van der Waals surface area contributed by atoms with Gasteiger partial charge in [0, 0.05) is 43.8 Å². The molecule has 0 saturated carbocycles. The van der Waals surface area contributed by atoms with Gasteiger partial charge in [-0.3, -0.25) is 19.4 Å². The van der Waals surface area contributed by atoms with E-state index in [-0.39, 0.29) is 6.54 Å². The lowest BCUT2D eigenvalue weighted by Gasteiger charge is -2.42. The van der Waals surface area contributed by atoms with Crippen LogP contribution in [0.3, 0.4) is 0 Å². The van der Waals surface area contributed by atoms with Gasteiger partial charge < -0.3 is 23.7 Å². The molecule has 1 aromatic heterocycles. The summed E-state index contributed by atoms with van der Waals surface area (Å²) in [4.78, 5) is 54.4. The van der Waals surface area contributed by atoms with Crippen molar-refractivity contribution in [2.45, 2.75) is 64.9 Å². The number of hydrogen-bond donors (Lipinski definition) is 0. The number of fused-ring (bicyclic) bond motifs is 3. The van der Waals surface area contributed by atoms with E-state index in [0.717, 1.165) is 27.9 Å². The number of hydrogen-bond acceptors (Lipinski definition) is 10. The Morgan fingerprint density at radius 1 is 0.956 bits per heavy atom. The van der Waals surface area contributed by atoms with Crippen molar-refractivity contribution in [1.29, 1.82) is 0 Å². The van der Waals surface area contributed by atoms with Crippen LogP contribution in [0.1, 0.15) is 49.6 Å². The van der Waals surface area contributed by atoms with Gasteiger partial charge in [0.25, 0.3) is 5.82 Å². The van der Waals surface area contributed by atoms with E-state index in [0.29, 0.717) is 39.1 Å². The van der Waals surface area contributed by atoms with Gasteiger partial charge in [-0.15, -0.1) is 0 Å². The van der Waals surface area contributed by atoms with Gasteiger partial charge in [0.1, 0.15) is 24.2 Å². The molecule has 0 unspecified atom stereocenters. The van der Waals surface area contributed by atoms with Crippen LogP contribution >= 0.6 is 11.6 Å². The lowest BCUT2D eigenvalue weighted by molar-refractivity contribution is -0.780. The van der Waals surface area contributed by atoms with Crippen molar-refractivity contribution >= 4 is 41.2 Å². The molecule has 2 aromatic carbocycles. The van der Waals surface area contributed by atoms with Crippen LogP contribution in [0.25, 0.3) is 5.69 Å². The molecular weight excluding hydrogens is 613 g/mol. The van der Waals surface area contributed by atoms with Crippen LogP contribution in [0, 0.1) is 12.7 Å². The molecule has 0 N–H and O–H groups in total. The van der Waals surface area contributed by atoms with Crippen molar-refractivity contribution in [3.05, 3.63) is 82.1 Å². The maximum atomic E-state index is 15.0. The summed E-state index contributed by atoms with van der Waals surface area (Å²) in [6, 6.07) is 11.4. The van der Waals surface area contributed by atoms with Crippen LogP contribution in [0.4, 0.5) is 4.39 Å². The van der Waals surface area contributed by atoms with Crippen molar-refractivity contribution in [1.82, 2.24) is 4.57 Å². The number of rotatable bonds is 6. The lowest BCUT2D eigenvalue weighted by atomic mass is 9.96. The van der Waals surface area contributed by atoms with Crippen LogP contribution in [0.5, 0.6) is 0 Å². The highest BCUT2D eigenvalue weighted by atomic mass is 35.5. The lowest BCUT2D eigenvalue weighted by Crippen LogP contribution is -2.66. The van der Waals surface area contributed by atoms with Gasteiger partial charge in [0.2, 0.25) is 12.3 Å². The second-order valence-electron chi connectivity index (χ2n) is 10.4. The number of carbonyl (C=O) groups excluding carboxylic acids is 4. The monoisotopic (exact) mass is 642 g/mol. The molecule has 12 nitrogen and oxygen atoms in total. The minimum absolute atomic E-state index is 0.0820. The Labute approximate surface area is 262 Å². The summed E-state index contributed by atoms with van der Waals surface area (Å²) >= 11 is 6.40. The van der Waals surface area contributed by atoms with Crippen molar-refractivity contribution < 1.29 is 51.8 Å². The fourth-order valence-corrected chi connectivity index (χ4v) is 5.85. The average molecular weight is 643 g/mol. The molecule has 2 aliphatic rings. The number of aromatic nitrogens is 2. The Balaban J connectivity index is 1.69. The summed E-state index contributed by atoms with van der Waals surface area (Å²) in [6.07, 6.45) is -5.51. The molecule has 5 rings (SSSR count). The number of halogens is 2. The first-order chi connectivity index (χ1) is 21.4. The zero-order valence-corrected chi connectivity index (χ0v) is 25.7. The van der Waals surface area contributed by atoms with Crippen molar-refractivity contribution in [2.24, 2.45) is 4.99 Å². The summed E-state index contributed by atoms with van der Waals surface area (Å²) in [5, 5.41) is 0.408. The number of ether oxygens (including phenoxy) is 5. The molecule has 0 bridgehead atoms. The largest absolute Gasteiger partial charge is 0.467 e. The number of imidazole rings is 1. The van der Waals surface area contributed by atoms with Gasteiger partial charge in [-0.1, -0.05) is 23.7 Å². The third-order valence-corrected chi connectivity index (χ3v) is 7.62. The SMILES string of the molecule is COC(=O)[C@@H]1O[C@H]([n+]2cc3n(c2C)-c2ccc(Cl)cc2C(c2ccccc2F)=NC3)[C@@H](OC(C)=O)[C@H](OC(C)=O)[C@H]1OC(C)=O. The van der Waals surface area contributed by atoms with Crippen molar-refractivity contribution in [2.75, 3.05) is 7.11 Å². The first-order valence-corrected chi connectivity index (χ1v) is 14.3. The number of aliphatic imine (C=N–C) groups is 1. The molecule has 1 saturated heterocycles. The van der Waals surface area contributed by atoms with E-state index in [2.05, 4.69) is 0 Å². The maximum Gasteiger partial charge on any atom is 0.339 e. The van der Waals surface area contributed by atoms with Gasteiger partial charge in [-0.05, 0) is 30.3 Å². The van der Waals surface area contributed by atoms with Crippen LogP contribution in [-0.4, -0.2) is 65.7 Å². The van der Waals surface area contributed by atoms with Gasteiger partial charge in [0.05, 0.1) is 12.8 Å². The summed E-state index contributed by atoms with van der Waals surface area (Å²) in [5.74, 6) is -3.18. The van der Waals surface area contributed by atoms with Gasteiger partial charge >= 0.3 is 23.9 Å². The quantitative estimate of drug-likeness (QED) is 0.226. The van der Waals surface area contributed by atoms with Crippen molar-refractivity contribution in [3.63, 3.8) is 0 Å². The number of carbonyl (C=O) groups is 4. The Morgan fingerprint density at radius 2 is 1.60 bits per heavy atom. The van der Waals surface area contributed by atoms with Crippen LogP contribution in [-0.2, 0) is 49.4 Å². The molecular formula is C31H30ClFN3O9+. The van der Waals surface area contributed by atoms with E-state index >= 15 is 0 Å². The fourth-order valence-electron chi connectivity index (χ4n) is 5.67. The zero-order valence-electron chi connectivity index (χ0n) is 25.0. The molecule has 0 radical (unpaired) electrons.